The van der Waals surface area contributed by atoms with Gasteiger partial charge in [-0.1, -0.05) is 43.2 Å². The summed E-state index contributed by atoms with van der Waals surface area (Å²) in [6, 6.07) is 11.9. The van der Waals surface area contributed by atoms with Gasteiger partial charge in [0.1, 0.15) is 5.69 Å². The number of rotatable bonds is 7. The van der Waals surface area contributed by atoms with E-state index in [0.29, 0.717) is 37.1 Å². The molecule has 0 bridgehead atoms. The molecule has 7 heteroatoms. The number of carbonyl (C=O) groups is 2. The molecule has 1 atom stereocenters. The van der Waals surface area contributed by atoms with Crippen LogP contribution in [0.25, 0.3) is 0 Å². The van der Waals surface area contributed by atoms with Crippen LogP contribution in [0.2, 0.25) is 0 Å². The van der Waals surface area contributed by atoms with Crippen molar-refractivity contribution in [2.24, 2.45) is 0 Å². The van der Waals surface area contributed by atoms with Crippen LogP contribution in [0.5, 0.6) is 0 Å². The molecule has 1 aromatic carbocycles. The highest BCUT2D eigenvalue weighted by atomic mass is 16.2. The summed E-state index contributed by atoms with van der Waals surface area (Å²) in [4.78, 5) is 27.7. The molecule has 4 rings (SSSR count). The molecule has 160 valence electrons. The predicted molar refractivity (Wildman–Crippen MR) is 115 cm³/mol. The van der Waals surface area contributed by atoms with E-state index in [1.54, 1.807) is 10.7 Å². The zero-order valence-corrected chi connectivity index (χ0v) is 17.9. The molecule has 30 heavy (non-hydrogen) atoms. The second kappa shape index (κ2) is 8.60. The molecular weight excluding hydrogens is 378 g/mol. The van der Waals surface area contributed by atoms with Crippen molar-refractivity contribution in [2.75, 3.05) is 13.1 Å². The van der Waals surface area contributed by atoms with Gasteiger partial charge >= 0.3 is 0 Å². The minimum Gasteiger partial charge on any atom is -0.347 e. The normalized spacial score (nSPS) is 21.7. The Bertz CT molecular complexity index is 904. The number of carbonyl (C=O) groups excluding carboxylic acids is 2. The van der Waals surface area contributed by atoms with Crippen LogP contribution in [0.4, 0.5) is 0 Å². The van der Waals surface area contributed by atoms with Crippen LogP contribution in [0, 0.1) is 0 Å². The van der Waals surface area contributed by atoms with Crippen LogP contribution < -0.4 is 10.6 Å². The van der Waals surface area contributed by atoms with Crippen molar-refractivity contribution >= 4 is 11.8 Å². The molecule has 0 saturated heterocycles. The maximum absolute atomic E-state index is 13.2. The number of benzene rings is 1. The lowest BCUT2D eigenvalue weighted by molar-refractivity contribution is 0.0355. The fourth-order valence-corrected chi connectivity index (χ4v) is 4.65. The lowest BCUT2D eigenvalue weighted by Gasteiger charge is -2.44. The summed E-state index contributed by atoms with van der Waals surface area (Å²) >= 11 is 0. The molecule has 2 N–H and O–H groups in total. The lowest BCUT2D eigenvalue weighted by atomic mass is 9.95. The Balaban J connectivity index is 1.48. The second-order valence-electron chi connectivity index (χ2n) is 8.65. The predicted octanol–water partition coefficient (Wildman–Crippen LogP) is 2.58. The van der Waals surface area contributed by atoms with Crippen LogP contribution >= 0.6 is 0 Å². The standard InChI is InChI=1S/C23H31N5O2/c1-3-27-22(30)20-13-19(21(29)24-14-17-9-5-4-6-10-17)26-28(20)16-23(27,2)15-25-18-11-7-8-12-18/h4-6,9-10,13,18,25H,3,7-8,11-12,14-16H2,1-2H3,(H,24,29). The van der Waals surface area contributed by atoms with Gasteiger partial charge in [-0.15, -0.1) is 0 Å². The first-order valence-electron chi connectivity index (χ1n) is 11.0. The third-order valence-electron chi connectivity index (χ3n) is 6.36. The van der Waals surface area contributed by atoms with Crippen LogP contribution in [-0.4, -0.2) is 51.2 Å². The van der Waals surface area contributed by atoms with E-state index in [9.17, 15) is 9.59 Å². The van der Waals surface area contributed by atoms with Crippen LogP contribution in [0.1, 0.15) is 66.1 Å². The van der Waals surface area contributed by atoms with E-state index in [-0.39, 0.29) is 17.4 Å². The van der Waals surface area contributed by atoms with Crippen molar-refractivity contribution in [1.29, 1.82) is 0 Å². The van der Waals surface area contributed by atoms with Crippen molar-refractivity contribution in [1.82, 2.24) is 25.3 Å². The molecule has 1 aromatic heterocycles. The summed E-state index contributed by atoms with van der Waals surface area (Å²) in [6.07, 6.45) is 4.95. The average Bonchev–Trinajstić information content (AvgIpc) is 3.41. The van der Waals surface area contributed by atoms with Crippen molar-refractivity contribution < 1.29 is 9.59 Å². The van der Waals surface area contributed by atoms with Crippen LogP contribution in [-0.2, 0) is 13.1 Å². The molecule has 0 spiro atoms. The molecule has 2 aliphatic rings. The molecule has 1 saturated carbocycles. The van der Waals surface area contributed by atoms with E-state index in [1.165, 1.54) is 25.7 Å². The Morgan fingerprint density at radius 3 is 2.67 bits per heavy atom. The molecule has 0 radical (unpaired) electrons. The van der Waals surface area contributed by atoms with Crippen molar-refractivity contribution in [3.8, 4) is 0 Å². The topological polar surface area (TPSA) is 79.3 Å². The van der Waals surface area contributed by atoms with E-state index in [4.69, 9.17) is 0 Å². The fraction of sp³-hybridized carbons (Fsp3) is 0.522. The van der Waals surface area contributed by atoms with Gasteiger partial charge in [-0.3, -0.25) is 14.3 Å². The van der Waals surface area contributed by atoms with E-state index in [1.807, 2.05) is 42.2 Å². The third-order valence-corrected chi connectivity index (χ3v) is 6.36. The van der Waals surface area contributed by atoms with Crippen LogP contribution in [0.3, 0.4) is 0 Å². The van der Waals surface area contributed by atoms with Gasteiger partial charge in [-0.25, -0.2) is 0 Å². The Morgan fingerprint density at radius 2 is 1.97 bits per heavy atom. The number of nitrogens with zero attached hydrogens (tertiary/aromatic N) is 3. The summed E-state index contributed by atoms with van der Waals surface area (Å²) in [5.41, 5.74) is 1.43. The zero-order valence-electron chi connectivity index (χ0n) is 17.9. The molecule has 1 aliphatic carbocycles. The molecular formula is C23H31N5O2. The Morgan fingerprint density at radius 1 is 1.23 bits per heavy atom. The number of aromatic nitrogens is 2. The van der Waals surface area contributed by atoms with Gasteiger partial charge in [0.05, 0.1) is 12.1 Å². The zero-order chi connectivity index (χ0) is 21.1. The number of hydrogen-bond acceptors (Lipinski definition) is 4. The van der Waals surface area contributed by atoms with Gasteiger partial charge in [0.2, 0.25) is 0 Å². The van der Waals surface area contributed by atoms with Gasteiger partial charge in [0.15, 0.2) is 5.69 Å². The lowest BCUT2D eigenvalue weighted by Crippen LogP contribution is -2.61. The molecule has 1 unspecified atom stereocenters. The first kappa shape index (κ1) is 20.6. The highest BCUT2D eigenvalue weighted by Crippen LogP contribution is 2.27. The van der Waals surface area contributed by atoms with Gasteiger partial charge in [0, 0.05) is 31.7 Å². The van der Waals surface area contributed by atoms with Gasteiger partial charge in [-0.05, 0) is 32.3 Å². The number of nitrogens with one attached hydrogen (secondary N) is 2. The number of amides is 2. The molecule has 2 aromatic rings. The molecule has 2 heterocycles. The Labute approximate surface area is 177 Å². The highest BCUT2D eigenvalue weighted by molar-refractivity contribution is 5.98. The Hall–Kier alpha value is -2.67. The smallest absolute Gasteiger partial charge is 0.272 e. The molecule has 1 fully saturated rings. The maximum atomic E-state index is 13.2. The SMILES string of the molecule is CCN1C(=O)c2cc(C(=O)NCc3ccccc3)nn2CC1(C)CNC1CCCC1. The van der Waals surface area contributed by atoms with Crippen LogP contribution in [0.15, 0.2) is 36.4 Å². The molecule has 1 aliphatic heterocycles. The first-order chi connectivity index (χ1) is 14.5. The summed E-state index contributed by atoms with van der Waals surface area (Å²) < 4.78 is 1.71. The third kappa shape index (κ3) is 4.12. The van der Waals surface area contributed by atoms with Gasteiger partial charge < -0.3 is 15.5 Å². The first-order valence-corrected chi connectivity index (χ1v) is 11.0. The molecule has 2 amide bonds. The summed E-state index contributed by atoms with van der Waals surface area (Å²) in [6.45, 7) is 6.48. The van der Waals surface area contributed by atoms with E-state index >= 15 is 0 Å². The number of fused-ring (bicyclic) bond motifs is 1. The van der Waals surface area contributed by atoms with Gasteiger partial charge in [0.25, 0.3) is 11.8 Å². The summed E-state index contributed by atoms with van der Waals surface area (Å²) in [7, 11) is 0. The quantitative estimate of drug-likeness (QED) is 0.737. The largest absolute Gasteiger partial charge is 0.347 e. The second-order valence-corrected chi connectivity index (χ2v) is 8.65. The number of hydrogen-bond donors (Lipinski definition) is 2. The Kier molecular flexibility index (Phi) is 5.90. The number of likely N-dealkylation sites (N-methyl/N-ethyl adjacent to an activating group) is 1. The summed E-state index contributed by atoms with van der Waals surface area (Å²) in [5, 5.41) is 11.0. The summed E-state index contributed by atoms with van der Waals surface area (Å²) in [5.74, 6) is -0.323. The van der Waals surface area contributed by atoms with Crippen molar-refractivity contribution in [2.45, 2.75) is 64.2 Å². The van der Waals surface area contributed by atoms with Gasteiger partial charge in [-0.2, -0.15) is 5.10 Å². The van der Waals surface area contributed by atoms with E-state index in [2.05, 4.69) is 22.7 Å². The monoisotopic (exact) mass is 409 g/mol. The molecule has 7 nitrogen and oxygen atoms in total. The van der Waals surface area contributed by atoms with E-state index in [0.717, 1.165) is 12.1 Å². The van der Waals surface area contributed by atoms with Crippen molar-refractivity contribution in [3.05, 3.63) is 53.3 Å². The fourth-order valence-electron chi connectivity index (χ4n) is 4.65. The maximum Gasteiger partial charge on any atom is 0.272 e. The highest BCUT2D eigenvalue weighted by Gasteiger charge is 2.42. The minimum atomic E-state index is -0.370. The minimum absolute atomic E-state index is 0.0610. The van der Waals surface area contributed by atoms with E-state index < -0.39 is 0 Å². The van der Waals surface area contributed by atoms with Crippen molar-refractivity contribution in [3.63, 3.8) is 0 Å². The average molecular weight is 410 g/mol.